The normalized spacial score (nSPS) is 14.3. The third kappa shape index (κ3) is 3.67. The van der Waals surface area contributed by atoms with Crippen LogP contribution in [0, 0.1) is 0 Å². The summed E-state index contributed by atoms with van der Waals surface area (Å²) >= 11 is 3.43. The predicted molar refractivity (Wildman–Crippen MR) is 82.0 cm³/mol. The molecule has 102 valence electrons. The van der Waals surface area contributed by atoms with Crippen molar-refractivity contribution in [2.75, 3.05) is 0 Å². The van der Waals surface area contributed by atoms with Crippen LogP contribution in [-0.2, 0) is 6.42 Å². The van der Waals surface area contributed by atoms with Gasteiger partial charge in [-0.15, -0.1) is 0 Å². The Labute approximate surface area is 122 Å². The van der Waals surface area contributed by atoms with E-state index in [-0.39, 0.29) is 6.04 Å². The minimum atomic E-state index is -0.00613. The van der Waals surface area contributed by atoms with Crippen molar-refractivity contribution in [2.24, 2.45) is 5.73 Å². The number of halogens is 1. The molecule has 2 rings (SSSR count). The van der Waals surface area contributed by atoms with E-state index in [2.05, 4.69) is 53.1 Å². The zero-order valence-electron chi connectivity index (χ0n) is 11.4. The largest absolute Gasteiger partial charge is 0.324 e. The Morgan fingerprint density at radius 2 is 1.95 bits per heavy atom. The number of aromatic nitrogens is 2. The van der Waals surface area contributed by atoms with Crippen molar-refractivity contribution in [3.05, 3.63) is 52.3 Å². The Kier molecular flexibility index (Phi) is 4.77. The smallest absolute Gasteiger partial charge is 0.0643 e. The number of nitrogens with zero attached hydrogens (tertiary/aromatic N) is 2. The SMILES string of the molecule is CCC(C)n1ccc(CC(N)c2ccc(Br)cc2)n1. The lowest BCUT2D eigenvalue weighted by Gasteiger charge is -2.11. The quantitative estimate of drug-likeness (QED) is 0.908. The van der Waals surface area contributed by atoms with Crippen LogP contribution in [0.4, 0.5) is 0 Å². The summed E-state index contributed by atoms with van der Waals surface area (Å²) in [4.78, 5) is 0. The zero-order valence-corrected chi connectivity index (χ0v) is 13.0. The molecule has 2 unspecified atom stereocenters. The lowest BCUT2D eigenvalue weighted by Crippen LogP contribution is -2.14. The van der Waals surface area contributed by atoms with E-state index >= 15 is 0 Å². The lowest BCUT2D eigenvalue weighted by atomic mass is 10.0. The summed E-state index contributed by atoms with van der Waals surface area (Å²) in [6.07, 6.45) is 3.89. The van der Waals surface area contributed by atoms with E-state index < -0.39 is 0 Å². The predicted octanol–water partition coefficient (Wildman–Crippen LogP) is 3.86. The second-order valence-electron chi connectivity index (χ2n) is 4.91. The highest BCUT2D eigenvalue weighted by atomic mass is 79.9. The molecular weight excluding hydrogens is 302 g/mol. The summed E-state index contributed by atoms with van der Waals surface area (Å²) in [6.45, 7) is 4.34. The summed E-state index contributed by atoms with van der Waals surface area (Å²) in [5, 5.41) is 4.59. The topological polar surface area (TPSA) is 43.8 Å². The standard InChI is InChI=1S/C15H20BrN3/c1-3-11(2)19-9-8-14(18-19)10-15(17)12-4-6-13(16)7-5-12/h4-9,11,15H,3,10,17H2,1-2H3. The summed E-state index contributed by atoms with van der Waals surface area (Å²) in [5.74, 6) is 0. The van der Waals surface area contributed by atoms with Gasteiger partial charge in [-0.2, -0.15) is 5.10 Å². The molecule has 0 saturated carbocycles. The van der Waals surface area contributed by atoms with Gasteiger partial charge in [-0.05, 0) is 37.1 Å². The molecule has 0 fully saturated rings. The maximum atomic E-state index is 6.23. The van der Waals surface area contributed by atoms with E-state index in [0.717, 1.165) is 28.6 Å². The summed E-state index contributed by atoms with van der Waals surface area (Å²) < 4.78 is 3.09. The summed E-state index contributed by atoms with van der Waals surface area (Å²) in [7, 11) is 0. The number of hydrogen-bond acceptors (Lipinski definition) is 2. The minimum Gasteiger partial charge on any atom is -0.324 e. The Bertz CT molecular complexity index is 518. The minimum absolute atomic E-state index is 0.00613. The van der Waals surface area contributed by atoms with Gasteiger partial charge < -0.3 is 5.73 Å². The number of rotatable bonds is 5. The number of hydrogen-bond donors (Lipinski definition) is 1. The van der Waals surface area contributed by atoms with Crippen LogP contribution in [0.1, 0.15) is 43.6 Å². The van der Waals surface area contributed by atoms with E-state index in [1.165, 1.54) is 0 Å². The van der Waals surface area contributed by atoms with Gasteiger partial charge in [0.1, 0.15) is 0 Å². The first-order valence-electron chi connectivity index (χ1n) is 6.65. The second kappa shape index (κ2) is 6.35. The van der Waals surface area contributed by atoms with Crippen LogP contribution in [0.5, 0.6) is 0 Å². The van der Waals surface area contributed by atoms with Crippen LogP contribution in [0.25, 0.3) is 0 Å². The van der Waals surface area contributed by atoms with Gasteiger partial charge in [0.05, 0.1) is 5.69 Å². The van der Waals surface area contributed by atoms with Gasteiger partial charge in [0.25, 0.3) is 0 Å². The van der Waals surface area contributed by atoms with Crippen LogP contribution < -0.4 is 5.73 Å². The molecule has 1 aromatic carbocycles. The molecule has 0 saturated heterocycles. The van der Waals surface area contributed by atoms with Crippen molar-refractivity contribution in [3.8, 4) is 0 Å². The van der Waals surface area contributed by atoms with Gasteiger partial charge in [-0.3, -0.25) is 4.68 Å². The molecule has 0 aliphatic heterocycles. The van der Waals surface area contributed by atoms with Crippen LogP contribution in [0.15, 0.2) is 41.0 Å². The molecule has 0 radical (unpaired) electrons. The Balaban J connectivity index is 2.04. The summed E-state index contributed by atoms with van der Waals surface area (Å²) in [6, 6.07) is 10.7. The van der Waals surface area contributed by atoms with Gasteiger partial charge in [-0.25, -0.2) is 0 Å². The molecule has 3 nitrogen and oxygen atoms in total. The number of benzene rings is 1. The molecular formula is C15H20BrN3. The van der Waals surface area contributed by atoms with Crippen molar-refractivity contribution in [1.82, 2.24) is 9.78 Å². The van der Waals surface area contributed by atoms with Gasteiger partial charge in [0.2, 0.25) is 0 Å². The van der Waals surface area contributed by atoms with E-state index in [1.54, 1.807) is 0 Å². The molecule has 0 aliphatic rings. The van der Waals surface area contributed by atoms with Crippen LogP contribution in [-0.4, -0.2) is 9.78 Å². The van der Waals surface area contributed by atoms with E-state index in [1.807, 2.05) is 23.0 Å². The lowest BCUT2D eigenvalue weighted by molar-refractivity contribution is 0.472. The van der Waals surface area contributed by atoms with E-state index in [4.69, 9.17) is 5.73 Å². The molecule has 2 N–H and O–H groups in total. The first-order chi connectivity index (χ1) is 9.10. The fourth-order valence-corrected chi connectivity index (χ4v) is 2.24. The first kappa shape index (κ1) is 14.3. The molecule has 19 heavy (non-hydrogen) atoms. The summed E-state index contributed by atoms with van der Waals surface area (Å²) in [5.41, 5.74) is 8.42. The fraction of sp³-hybridized carbons (Fsp3) is 0.400. The highest BCUT2D eigenvalue weighted by Crippen LogP contribution is 2.19. The Morgan fingerprint density at radius 3 is 2.58 bits per heavy atom. The highest BCUT2D eigenvalue weighted by molar-refractivity contribution is 9.10. The zero-order chi connectivity index (χ0) is 13.8. The Morgan fingerprint density at radius 1 is 1.26 bits per heavy atom. The average molecular weight is 322 g/mol. The van der Waals surface area contributed by atoms with Crippen molar-refractivity contribution >= 4 is 15.9 Å². The van der Waals surface area contributed by atoms with Crippen molar-refractivity contribution in [3.63, 3.8) is 0 Å². The maximum absolute atomic E-state index is 6.23. The van der Waals surface area contributed by atoms with Crippen LogP contribution >= 0.6 is 15.9 Å². The average Bonchev–Trinajstić information content (AvgIpc) is 2.87. The molecule has 2 aromatic rings. The maximum Gasteiger partial charge on any atom is 0.0643 e. The van der Waals surface area contributed by atoms with Crippen molar-refractivity contribution in [1.29, 1.82) is 0 Å². The molecule has 1 aromatic heterocycles. The molecule has 2 atom stereocenters. The fourth-order valence-electron chi connectivity index (χ4n) is 1.97. The molecule has 0 amide bonds. The van der Waals surface area contributed by atoms with Crippen LogP contribution in [0.2, 0.25) is 0 Å². The van der Waals surface area contributed by atoms with Crippen molar-refractivity contribution < 1.29 is 0 Å². The van der Waals surface area contributed by atoms with Crippen molar-refractivity contribution in [2.45, 2.75) is 38.8 Å². The molecule has 0 bridgehead atoms. The third-order valence-electron chi connectivity index (χ3n) is 3.43. The van der Waals surface area contributed by atoms with E-state index in [9.17, 15) is 0 Å². The molecule has 1 heterocycles. The van der Waals surface area contributed by atoms with Gasteiger partial charge in [0, 0.05) is 29.2 Å². The molecule has 0 aliphatic carbocycles. The Hall–Kier alpha value is -1.13. The first-order valence-corrected chi connectivity index (χ1v) is 7.44. The van der Waals surface area contributed by atoms with Gasteiger partial charge in [0.15, 0.2) is 0 Å². The van der Waals surface area contributed by atoms with E-state index in [0.29, 0.717) is 6.04 Å². The van der Waals surface area contributed by atoms with Gasteiger partial charge >= 0.3 is 0 Å². The molecule has 0 spiro atoms. The second-order valence-corrected chi connectivity index (χ2v) is 5.82. The number of nitrogens with two attached hydrogens (primary N) is 1. The highest BCUT2D eigenvalue weighted by Gasteiger charge is 2.10. The monoisotopic (exact) mass is 321 g/mol. The molecule has 4 heteroatoms. The van der Waals surface area contributed by atoms with Gasteiger partial charge in [-0.1, -0.05) is 35.0 Å². The third-order valence-corrected chi connectivity index (χ3v) is 3.96. The van der Waals surface area contributed by atoms with Crippen LogP contribution in [0.3, 0.4) is 0 Å².